The molecule has 2 amide bonds. The number of carbonyl (C=O) groups excluding carboxylic acids is 2. The molecule has 0 heterocycles. The van der Waals surface area contributed by atoms with Gasteiger partial charge in [-0.05, 0) is 18.7 Å². The lowest BCUT2D eigenvalue weighted by molar-refractivity contribution is -0.123. The van der Waals surface area contributed by atoms with Crippen molar-refractivity contribution in [3.63, 3.8) is 0 Å². The van der Waals surface area contributed by atoms with Gasteiger partial charge in [-0.1, -0.05) is 19.1 Å². The van der Waals surface area contributed by atoms with Gasteiger partial charge in [0.25, 0.3) is 0 Å². The largest absolute Gasteiger partial charge is 0.497 e. The highest BCUT2D eigenvalue weighted by Gasteiger charge is 2.13. The number of ether oxygens (including phenoxy) is 1. The van der Waals surface area contributed by atoms with E-state index in [2.05, 4.69) is 17.2 Å². The number of benzene rings is 1. The third kappa shape index (κ3) is 6.41. The Morgan fingerprint density at radius 2 is 2.05 bits per heavy atom. The van der Waals surface area contributed by atoms with Crippen molar-refractivity contribution in [1.29, 1.82) is 0 Å². The summed E-state index contributed by atoms with van der Waals surface area (Å²) in [7, 11) is 1.57. The third-order valence-electron chi connectivity index (χ3n) is 2.98. The van der Waals surface area contributed by atoms with E-state index in [1.807, 2.05) is 6.92 Å². The maximum Gasteiger partial charge on any atom is 0.238 e. The molecule has 0 radical (unpaired) electrons. The van der Waals surface area contributed by atoms with Crippen molar-refractivity contribution < 1.29 is 14.3 Å². The van der Waals surface area contributed by atoms with Gasteiger partial charge >= 0.3 is 0 Å². The number of nitrogens with one attached hydrogen (secondary N) is 2. The van der Waals surface area contributed by atoms with Gasteiger partial charge < -0.3 is 15.4 Å². The van der Waals surface area contributed by atoms with Crippen LogP contribution in [-0.2, 0) is 9.59 Å². The second-order valence-corrected chi connectivity index (χ2v) is 4.68. The van der Waals surface area contributed by atoms with Crippen LogP contribution in [0.5, 0.6) is 5.75 Å². The maximum atomic E-state index is 12.0. The van der Waals surface area contributed by atoms with Gasteiger partial charge in [0.15, 0.2) is 0 Å². The van der Waals surface area contributed by atoms with E-state index >= 15 is 0 Å². The van der Waals surface area contributed by atoms with E-state index in [1.165, 1.54) is 0 Å². The summed E-state index contributed by atoms with van der Waals surface area (Å²) in [5.74, 6) is 0.372. The van der Waals surface area contributed by atoms with Gasteiger partial charge in [0, 0.05) is 18.3 Å². The molecule has 120 valence electrons. The Morgan fingerprint density at radius 1 is 1.32 bits per heavy atom. The topological polar surface area (TPSA) is 70.7 Å². The van der Waals surface area contributed by atoms with E-state index in [0.29, 0.717) is 24.5 Å². The van der Waals surface area contributed by atoms with Gasteiger partial charge in [-0.25, -0.2) is 0 Å². The van der Waals surface area contributed by atoms with Gasteiger partial charge in [-0.2, -0.15) is 0 Å². The minimum Gasteiger partial charge on any atom is -0.497 e. The predicted octanol–water partition coefficient (Wildman–Crippen LogP) is 1.26. The highest BCUT2D eigenvalue weighted by atomic mass is 16.5. The summed E-state index contributed by atoms with van der Waals surface area (Å²) in [6.45, 7) is 6.79. The van der Waals surface area contributed by atoms with Gasteiger partial charge in [0.2, 0.25) is 11.8 Å². The van der Waals surface area contributed by atoms with Crippen LogP contribution in [0, 0.1) is 0 Å². The molecular weight excluding hydrogens is 282 g/mol. The number of carbonyl (C=O) groups is 2. The zero-order valence-electron chi connectivity index (χ0n) is 13.1. The molecule has 0 bridgehead atoms. The third-order valence-corrected chi connectivity index (χ3v) is 2.98. The Morgan fingerprint density at radius 3 is 2.68 bits per heavy atom. The highest BCUT2D eigenvalue weighted by molar-refractivity contribution is 5.92. The molecule has 1 aromatic carbocycles. The van der Waals surface area contributed by atoms with E-state index in [1.54, 1.807) is 42.4 Å². The molecule has 22 heavy (non-hydrogen) atoms. The molecule has 6 heteroatoms. The predicted molar refractivity (Wildman–Crippen MR) is 86.9 cm³/mol. The van der Waals surface area contributed by atoms with E-state index < -0.39 is 0 Å². The standard InChI is InChI=1S/C16H23N3O3/c1-4-9-17-15(20)11-19(5-2)12-16(21)18-13-7-6-8-14(10-13)22-3/h4,6-8,10H,1,5,9,11-12H2,2-3H3,(H,17,20)(H,18,21). The van der Waals surface area contributed by atoms with Crippen LogP contribution in [0.2, 0.25) is 0 Å². The molecule has 0 aromatic heterocycles. The van der Waals surface area contributed by atoms with E-state index in [9.17, 15) is 9.59 Å². The summed E-state index contributed by atoms with van der Waals surface area (Å²) >= 11 is 0. The fraction of sp³-hybridized carbons (Fsp3) is 0.375. The second-order valence-electron chi connectivity index (χ2n) is 4.68. The minimum absolute atomic E-state index is 0.129. The molecule has 0 spiro atoms. The Kier molecular flexibility index (Phi) is 7.70. The molecule has 0 unspecified atom stereocenters. The van der Waals surface area contributed by atoms with E-state index in [0.717, 1.165) is 0 Å². The molecule has 1 rings (SSSR count). The smallest absolute Gasteiger partial charge is 0.238 e. The Balaban J connectivity index is 2.50. The molecule has 2 N–H and O–H groups in total. The van der Waals surface area contributed by atoms with Gasteiger partial charge in [0.1, 0.15) is 5.75 Å². The lowest BCUT2D eigenvalue weighted by atomic mass is 10.3. The van der Waals surface area contributed by atoms with Crippen LogP contribution in [0.25, 0.3) is 0 Å². The second kappa shape index (κ2) is 9.57. The molecule has 0 aliphatic heterocycles. The van der Waals surface area contributed by atoms with Gasteiger partial charge in [-0.15, -0.1) is 6.58 Å². The van der Waals surface area contributed by atoms with Crippen LogP contribution >= 0.6 is 0 Å². The molecule has 6 nitrogen and oxygen atoms in total. The highest BCUT2D eigenvalue weighted by Crippen LogP contribution is 2.16. The molecule has 0 aliphatic carbocycles. The molecular formula is C16H23N3O3. The summed E-state index contributed by atoms with van der Waals surface area (Å²) in [6.07, 6.45) is 1.61. The summed E-state index contributed by atoms with van der Waals surface area (Å²) in [4.78, 5) is 25.4. The first-order valence-electron chi connectivity index (χ1n) is 7.12. The van der Waals surface area contributed by atoms with Crippen molar-refractivity contribution in [3.05, 3.63) is 36.9 Å². The number of methoxy groups -OCH3 is 1. The average Bonchev–Trinajstić information content (AvgIpc) is 2.52. The Labute approximate surface area is 131 Å². The zero-order chi connectivity index (χ0) is 16.4. The molecule has 0 saturated heterocycles. The molecule has 0 aliphatic rings. The van der Waals surface area contributed by atoms with Crippen LogP contribution < -0.4 is 15.4 Å². The molecule has 1 aromatic rings. The minimum atomic E-state index is -0.174. The van der Waals surface area contributed by atoms with E-state index in [-0.39, 0.29) is 24.9 Å². The van der Waals surface area contributed by atoms with Crippen molar-refractivity contribution in [2.24, 2.45) is 0 Å². The molecule has 0 atom stereocenters. The SMILES string of the molecule is C=CCNC(=O)CN(CC)CC(=O)Nc1cccc(OC)c1. The van der Waals surface area contributed by atoms with Crippen molar-refractivity contribution in [1.82, 2.24) is 10.2 Å². The van der Waals surface area contributed by atoms with Crippen molar-refractivity contribution in [2.75, 3.05) is 38.6 Å². The van der Waals surface area contributed by atoms with Crippen LogP contribution in [-0.4, -0.2) is 50.0 Å². The summed E-state index contributed by atoms with van der Waals surface area (Å²) < 4.78 is 5.11. The first-order valence-corrected chi connectivity index (χ1v) is 7.12. The van der Waals surface area contributed by atoms with Crippen molar-refractivity contribution in [3.8, 4) is 5.75 Å². The average molecular weight is 305 g/mol. The first kappa shape index (κ1) is 17.7. The van der Waals surface area contributed by atoms with Crippen LogP contribution in [0.1, 0.15) is 6.92 Å². The number of likely N-dealkylation sites (N-methyl/N-ethyl adjacent to an activating group) is 1. The molecule has 0 saturated carbocycles. The number of anilines is 1. The zero-order valence-corrected chi connectivity index (χ0v) is 13.1. The monoisotopic (exact) mass is 305 g/mol. The lowest BCUT2D eigenvalue weighted by Gasteiger charge is -2.19. The summed E-state index contributed by atoms with van der Waals surface area (Å²) in [5.41, 5.74) is 0.663. The maximum absolute atomic E-state index is 12.0. The van der Waals surface area contributed by atoms with Crippen molar-refractivity contribution in [2.45, 2.75) is 6.92 Å². The molecule has 0 fully saturated rings. The van der Waals surface area contributed by atoms with Crippen LogP contribution in [0.15, 0.2) is 36.9 Å². The fourth-order valence-electron chi connectivity index (χ4n) is 1.83. The summed E-state index contributed by atoms with van der Waals surface area (Å²) in [6, 6.07) is 7.13. The van der Waals surface area contributed by atoms with Crippen LogP contribution in [0.3, 0.4) is 0 Å². The van der Waals surface area contributed by atoms with Gasteiger partial charge in [0.05, 0.1) is 20.2 Å². The van der Waals surface area contributed by atoms with Crippen molar-refractivity contribution >= 4 is 17.5 Å². The number of amides is 2. The number of nitrogens with zero attached hydrogens (tertiary/aromatic N) is 1. The van der Waals surface area contributed by atoms with Crippen LogP contribution in [0.4, 0.5) is 5.69 Å². The Hall–Kier alpha value is -2.34. The number of rotatable bonds is 9. The number of hydrogen-bond donors (Lipinski definition) is 2. The number of hydrogen-bond acceptors (Lipinski definition) is 4. The quantitative estimate of drug-likeness (QED) is 0.674. The lowest BCUT2D eigenvalue weighted by Crippen LogP contribution is -2.41. The van der Waals surface area contributed by atoms with E-state index in [4.69, 9.17) is 4.74 Å². The Bertz CT molecular complexity index is 517. The summed E-state index contributed by atoms with van der Waals surface area (Å²) in [5, 5.41) is 5.48. The fourth-order valence-corrected chi connectivity index (χ4v) is 1.83. The normalized spacial score (nSPS) is 10.1. The van der Waals surface area contributed by atoms with Gasteiger partial charge in [-0.3, -0.25) is 14.5 Å². The first-order chi connectivity index (χ1) is 10.6.